The lowest BCUT2D eigenvalue weighted by atomic mass is 10.2. The SMILES string of the molecule is CN(C)C(=O)CNC(=NCc1ccccc1)NCCCN(C)c1ccccc1.I. The molecular weight excluding hydrogens is 477 g/mol. The van der Waals surface area contributed by atoms with Gasteiger partial charge in [0.2, 0.25) is 5.91 Å². The Balaban J connectivity index is 0.00000420. The molecule has 0 aliphatic carbocycles. The highest BCUT2D eigenvalue weighted by atomic mass is 127. The van der Waals surface area contributed by atoms with Gasteiger partial charge in [0, 0.05) is 39.9 Å². The summed E-state index contributed by atoms with van der Waals surface area (Å²) in [5.74, 6) is 0.666. The summed E-state index contributed by atoms with van der Waals surface area (Å²) in [6.45, 7) is 2.49. The van der Waals surface area contributed by atoms with E-state index >= 15 is 0 Å². The fourth-order valence-corrected chi connectivity index (χ4v) is 2.58. The minimum atomic E-state index is 0. The largest absolute Gasteiger partial charge is 0.375 e. The van der Waals surface area contributed by atoms with Crippen LogP contribution in [0.3, 0.4) is 0 Å². The highest BCUT2D eigenvalue weighted by Gasteiger charge is 2.06. The van der Waals surface area contributed by atoms with Gasteiger partial charge in [-0.25, -0.2) is 4.99 Å². The number of aliphatic imine (C=N–C) groups is 1. The van der Waals surface area contributed by atoms with Gasteiger partial charge in [-0.2, -0.15) is 0 Å². The normalized spacial score (nSPS) is 10.7. The number of hydrogen-bond donors (Lipinski definition) is 2. The van der Waals surface area contributed by atoms with Gasteiger partial charge < -0.3 is 20.4 Å². The summed E-state index contributed by atoms with van der Waals surface area (Å²) in [5.41, 5.74) is 2.33. The number of halogens is 1. The number of anilines is 1. The van der Waals surface area contributed by atoms with E-state index in [0.717, 1.165) is 25.1 Å². The minimum absolute atomic E-state index is 0. The van der Waals surface area contributed by atoms with Crippen LogP contribution in [-0.2, 0) is 11.3 Å². The van der Waals surface area contributed by atoms with E-state index in [9.17, 15) is 4.79 Å². The predicted octanol–water partition coefficient (Wildman–Crippen LogP) is 2.95. The summed E-state index contributed by atoms with van der Waals surface area (Å²) < 4.78 is 0. The molecule has 0 unspecified atom stereocenters. The first kappa shape index (κ1) is 24.7. The fourth-order valence-electron chi connectivity index (χ4n) is 2.58. The molecule has 0 heterocycles. The number of benzene rings is 2. The Morgan fingerprint density at radius 3 is 2.17 bits per heavy atom. The molecule has 0 saturated carbocycles. The lowest BCUT2D eigenvalue weighted by molar-refractivity contribution is -0.127. The molecule has 0 saturated heterocycles. The maximum Gasteiger partial charge on any atom is 0.241 e. The number of likely N-dealkylation sites (N-methyl/N-ethyl adjacent to an activating group) is 1. The van der Waals surface area contributed by atoms with Gasteiger partial charge in [0.05, 0.1) is 13.1 Å². The third kappa shape index (κ3) is 9.65. The molecule has 158 valence electrons. The topological polar surface area (TPSA) is 60.0 Å². The van der Waals surface area contributed by atoms with Gasteiger partial charge >= 0.3 is 0 Å². The number of guanidine groups is 1. The van der Waals surface area contributed by atoms with E-state index in [1.807, 2.05) is 48.5 Å². The smallest absolute Gasteiger partial charge is 0.241 e. The van der Waals surface area contributed by atoms with E-state index < -0.39 is 0 Å². The second-order valence-corrected chi connectivity index (χ2v) is 6.83. The van der Waals surface area contributed by atoms with E-state index in [1.165, 1.54) is 5.69 Å². The predicted molar refractivity (Wildman–Crippen MR) is 132 cm³/mol. The van der Waals surface area contributed by atoms with Gasteiger partial charge in [0.25, 0.3) is 0 Å². The zero-order valence-electron chi connectivity index (χ0n) is 17.5. The van der Waals surface area contributed by atoms with Gasteiger partial charge in [0.1, 0.15) is 0 Å². The Kier molecular flexibility index (Phi) is 11.8. The molecule has 0 spiro atoms. The van der Waals surface area contributed by atoms with Crippen molar-refractivity contribution in [2.24, 2.45) is 4.99 Å². The van der Waals surface area contributed by atoms with Crippen molar-refractivity contribution in [3.8, 4) is 0 Å². The van der Waals surface area contributed by atoms with Crippen LogP contribution in [0.5, 0.6) is 0 Å². The Morgan fingerprint density at radius 1 is 0.931 bits per heavy atom. The van der Waals surface area contributed by atoms with E-state index in [2.05, 4.69) is 39.7 Å². The molecule has 2 rings (SSSR count). The second kappa shape index (κ2) is 13.8. The highest BCUT2D eigenvalue weighted by molar-refractivity contribution is 14.0. The second-order valence-electron chi connectivity index (χ2n) is 6.83. The number of hydrogen-bond acceptors (Lipinski definition) is 3. The summed E-state index contributed by atoms with van der Waals surface area (Å²) in [6, 6.07) is 20.4. The van der Waals surface area contributed by atoms with Crippen molar-refractivity contribution in [3.05, 3.63) is 66.2 Å². The molecule has 6 nitrogen and oxygen atoms in total. The Labute approximate surface area is 191 Å². The monoisotopic (exact) mass is 509 g/mol. The van der Waals surface area contributed by atoms with Crippen molar-refractivity contribution in [1.29, 1.82) is 0 Å². The van der Waals surface area contributed by atoms with Gasteiger partial charge in [-0.1, -0.05) is 48.5 Å². The van der Waals surface area contributed by atoms with Crippen molar-refractivity contribution in [1.82, 2.24) is 15.5 Å². The Hall–Kier alpha value is -2.29. The molecule has 2 N–H and O–H groups in total. The Bertz CT molecular complexity index is 737. The number of carbonyl (C=O) groups excluding carboxylic acids is 1. The van der Waals surface area contributed by atoms with Gasteiger partial charge in [-0.3, -0.25) is 4.79 Å². The van der Waals surface area contributed by atoms with Crippen molar-refractivity contribution in [2.45, 2.75) is 13.0 Å². The van der Waals surface area contributed by atoms with Gasteiger partial charge in [0.15, 0.2) is 5.96 Å². The molecule has 2 aromatic carbocycles. The molecule has 0 atom stereocenters. The quantitative estimate of drug-likeness (QED) is 0.236. The van der Waals surface area contributed by atoms with Crippen molar-refractivity contribution >= 4 is 41.5 Å². The summed E-state index contributed by atoms with van der Waals surface area (Å²) in [4.78, 5) is 20.3. The fraction of sp³-hybridized carbons (Fsp3) is 0.364. The van der Waals surface area contributed by atoms with Crippen LogP contribution in [0.2, 0.25) is 0 Å². The number of amides is 1. The van der Waals surface area contributed by atoms with Crippen molar-refractivity contribution < 1.29 is 4.79 Å². The average Bonchev–Trinajstić information content (AvgIpc) is 2.73. The van der Waals surface area contributed by atoms with Crippen LogP contribution in [0.25, 0.3) is 0 Å². The zero-order chi connectivity index (χ0) is 20.2. The molecule has 0 aliphatic heterocycles. The molecule has 7 heteroatoms. The first-order valence-corrected chi connectivity index (χ1v) is 9.58. The van der Waals surface area contributed by atoms with E-state index in [1.54, 1.807) is 19.0 Å². The van der Waals surface area contributed by atoms with E-state index in [-0.39, 0.29) is 36.4 Å². The summed E-state index contributed by atoms with van der Waals surface area (Å²) in [7, 11) is 5.59. The van der Waals surface area contributed by atoms with E-state index in [4.69, 9.17) is 0 Å². The van der Waals surface area contributed by atoms with E-state index in [0.29, 0.717) is 12.5 Å². The number of para-hydroxylation sites is 1. The number of carbonyl (C=O) groups is 1. The molecule has 2 aromatic rings. The molecule has 0 radical (unpaired) electrons. The van der Waals surface area contributed by atoms with Crippen LogP contribution in [0.1, 0.15) is 12.0 Å². The first-order valence-electron chi connectivity index (χ1n) is 9.58. The van der Waals surface area contributed by atoms with Crippen LogP contribution in [-0.4, -0.2) is 57.5 Å². The minimum Gasteiger partial charge on any atom is -0.375 e. The third-order valence-corrected chi connectivity index (χ3v) is 4.33. The maximum atomic E-state index is 11.9. The number of nitrogens with zero attached hydrogens (tertiary/aromatic N) is 3. The number of nitrogens with one attached hydrogen (secondary N) is 2. The molecule has 0 aromatic heterocycles. The zero-order valence-corrected chi connectivity index (χ0v) is 19.8. The molecule has 1 amide bonds. The van der Waals surface area contributed by atoms with Crippen LogP contribution in [0.15, 0.2) is 65.7 Å². The summed E-state index contributed by atoms with van der Waals surface area (Å²) >= 11 is 0. The van der Waals surface area contributed by atoms with Crippen molar-refractivity contribution in [3.63, 3.8) is 0 Å². The Morgan fingerprint density at radius 2 is 1.55 bits per heavy atom. The van der Waals surface area contributed by atoms with Crippen LogP contribution >= 0.6 is 24.0 Å². The van der Waals surface area contributed by atoms with Crippen LogP contribution < -0.4 is 15.5 Å². The van der Waals surface area contributed by atoms with Crippen LogP contribution in [0, 0.1) is 0 Å². The first-order chi connectivity index (χ1) is 13.6. The lowest BCUT2D eigenvalue weighted by Gasteiger charge is -2.20. The molecular formula is C22H32IN5O. The molecule has 0 fully saturated rings. The number of rotatable bonds is 9. The highest BCUT2D eigenvalue weighted by Crippen LogP contribution is 2.10. The van der Waals surface area contributed by atoms with Gasteiger partial charge in [-0.15, -0.1) is 24.0 Å². The summed E-state index contributed by atoms with van der Waals surface area (Å²) in [6.07, 6.45) is 0.957. The van der Waals surface area contributed by atoms with Crippen molar-refractivity contribution in [2.75, 3.05) is 45.7 Å². The molecule has 0 aliphatic rings. The summed E-state index contributed by atoms with van der Waals surface area (Å²) in [5, 5.41) is 6.46. The maximum absolute atomic E-state index is 11.9. The molecule has 0 bridgehead atoms. The molecule has 29 heavy (non-hydrogen) atoms. The van der Waals surface area contributed by atoms with Gasteiger partial charge in [-0.05, 0) is 24.1 Å². The lowest BCUT2D eigenvalue weighted by Crippen LogP contribution is -2.43. The third-order valence-electron chi connectivity index (χ3n) is 4.33. The standard InChI is InChI=1S/C22H31N5O.HI/c1-26(2)21(28)18-25-22(24-17-19-11-6-4-7-12-19)23-15-10-16-27(3)20-13-8-5-9-14-20;/h4-9,11-14H,10,15-18H2,1-3H3,(H2,23,24,25);1H. The average molecular weight is 509 g/mol. The van der Waals surface area contributed by atoms with Crippen LogP contribution in [0.4, 0.5) is 5.69 Å².